The van der Waals surface area contributed by atoms with E-state index in [1.807, 2.05) is 13.0 Å². The lowest BCUT2D eigenvalue weighted by molar-refractivity contribution is -0.119. The smallest absolute Gasteiger partial charge is 0.161 e. The van der Waals surface area contributed by atoms with E-state index in [9.17, 15) is 4.79 Å². The standard InChI is InChI=1S/C9H14O/c1-6(2)8-5-4-7(3)9(8)10/h4,6,8H,5H2,1-3H3. The Morgan fingerprint density at radius 1 is 1.60 bits per heavy atom. The zero-order chi connectivity index (χ0) is 7.72. The number of ketones is 1. The van der Waals surface area contributed by atoms with E-state index in [-0.39, 0.29) is 5.92 Å². The predicted octanol–water partition coefficient (Wildman–Crippen LogP) is 2.18. The molecule has 0 bridgehead atoms. The summed E-state index contributed by atoms with van der Waals surface area (Å²) in [6.07, 6.45) is 3.01. The van der Waals surface area contributed by atoms with Gasteiger partial charge in [-0.1, -0.05) is 19.9 Å². The van der Waals surface area contributed by atoms with Gasteiger partial charge in [0, 0.05) is 5.92 Å². The first-order valence-electron chi connectivity index (χ1n) is 3.84. The summed E-state index contributed by atoms with van der Waals surface area (Å²) in [6, 6.07) is 0. The van der Waals surface area contributed by atoms with Crippen LogP contribution in [0, 0.1) is 11.8 Å². The molecule has 1 heteroatoms. The van der Waals surface area contributed by atoms with E-state index in [2.05, 4.69) is 13.8 Å². The van der Waals surface area contributed by atoms with Crippen LogP contribution in [0.5, 0.6) is 0 Å². The van der Waals surface area contributed by atoms with Gasteiger partial charge in [-0.15, -0.1) is 0 Å². The van der Waals surface area contributed by atoms with E-state index >= 15 is 0 Å². The molecule has 1 atom stereocenters. The van der Waals surface area contributed by atoms with E-state index in [4.69, 9.17) is 0 Å². The summed E-state index contributed by atoms with van der Waals surface area (Å²) in [5, 5.41) is 0. The summed E-state index contributed by atoms with van der Waals surface area (Å²) >= 11 is 0. The quantitative estimate of drug-likeness (QED) is 0.542. The molecule has 0 saturated heterocycles. The number of hydrogen-bond acceptors (Lipinski definition) is 1. The maximum atomic E-state index is 11.3. The highest BCUT2D eigenvalue weighted by molar-refractivity contribution is 5.99. The lowest BCUT2D eigenvalue weighted by Gasteiger charge is -2.11. The van der Waals surface area contributed by atoms with E-state index in [1.54, 1.807) is 0 Å². The second kappa shape index (κ2) is 2.57. The molecule has 56 valence electrons. The molecule has 1 aliphatic carbocycles. The molecular formula is C9H14O. The number of Topliss-reactive ketones (excluding diaryl/α,β-unsaturated/α-hetero) is 1. The lowest BCUT2D eigenvalue weighted by Crippen LogP contribution is -2.15. The van der Waals surface area contributed by atoms with Gasteiger partial charge in [0.2, 0.25) is 0 Å². The number of allylic oxidation sites excluding steroid dienone is 2. The van der Waals surface area contributed by atoms with Gasteiger partial charge in [0.1, 0.15) is 0 Å². The van der Waals surface area contributed by atoms with Crippen LogP contribution in [0.2, 0.25) is 0 Å². The fourth-order valence-electron chi connectivity index (χ4n) is 1.38. The molecule has 0 N–H and O–H groups in total. The fraction of sp³-hybridized carbons (Fsp3) is 0.667. The molecule has 0 radical (unpaired) electrons. The molecule has 0 heterocycles. The molecule has 0 spiro atoms. The summed E-state index contributed by atoms with van der Waals surface area (Å²) < 4.78 is 0. The van der Waals surface area contributed by atoms with Crippen LogP contribution in [-0.2, 0) is 4.79 Å². The Kier molecular flexibility index (Phi) is 1.93. The summed E-state index contributed by atoms with van der Waals surface area (Å²) in [6.45, 7) is 6.12. The molecule has 10 heavy (non-hydrogen) atoms. The second-order valence-corrected chi connectivity index (χ2v) is 3.34. The minimum absolute atomic E-state index is 0.278. The zero-order valence-electron chi connectivity index (χ0n) is 6.85. The topological polar surface area (TPSA) is 17.1 Å². The molecule has 0 aromatic carbocycles. The Hall–Kier alpha value is -0.590. The summed E-state index contributed by atoms with van der Waals surface area (Å²) in [4.78, 5) is 11.3. The molecule has 0 aromatic rings. The van der Waals surface area contributed by atoms with Gasteiger partial charge in [-0.25, -0.2) is 0 Å². The van der Waals surface area contributed by atoms with Crippen LogP contribution in [0.3, 0.4) is 0 Å². The Bertz CT molecular complexity index is 177. The van der Waals surface area contributed by atoms with Gasteiger partial charge in [0.25, 0.3) is 0 Å². The van der Waals surface area contributed by atoms with Crippen molar-refractivity contribution in [1.82, 2.24) is 0 Å². The molecule has 0 saturated carbocycles. The van der Waals surface area contributed by atoms with Gasteiger partial charge in [-0.05, 0) is 24.8 Å². The van der Waals surface area contributed by atoms with Crippen LogP contribution in [0.1, 0.15) is 27.2 Å². The highest BCUT2D eigenvalue weighted by Crippen LogP contribution is 2.26. The van der Waals surface area contributed by atoms with Crippen LogP contribution >= 0.6 is 0 Å². The van der Waals surface area contributed by atoms with Crippen molar-refractivity contribution in [2.45, 2.75) is 27.2 Å². The largest absolute Gasteiger partial charge is 0.294 e. The molecule has 0 fully saturated rings. The van der Waals surface area contributed by atoms with Crippen molar-refractivity contribution >= 4 is 5.78 Å². The zero-order valence-corrected chi connectivity index (χ0v) is 6.85. The first-order valence-corrected chi connectivity index (χ1v) is 3.84. The van der Waals surface area contributed by atoms with Crippen LogP contribution in [0.25, 0.3) is 0 Å². The third kappa shape index (κ3) is 1.13. The van der Waals surface area contributed by atoms with Crippen molar-refractivity contribution in [2.24, 2.45) is 11.8 Å². The molecule has 1 rings (SSSR count). The molecule has 0 aromatic heterocycles. The highest BCUT2D eigenvalue weighted by atomic mass is 16.1. The van der Waals surface area contributed by atoms with Gasteiger partial charge >= 0.3 is 0 Å². The van der Waals surface area contributed by atoms with E-state index < -0.39 is 0 Å². The summed E-state index contributed by atoms with van der Waals surface area (Å²) in [5.41, 5.74) is 0.957. The van der Waals surface area contributed by atoms with E-state index in [0.717, 1.165) is 12.0 Å². The van der Waals surface area contributed by atoms with Crippen molar-refractivity contribution in [2.75, 3.05) is 0 Å². The molecule has 0 aliphatic heterocycles. The minimum atomic E-state index is 0.278. The van der Waals surface area contributed by atoms with Crippen LogP contribution in [0.4, 0.5) is 0 Å². The molecular weight excluding hydrogens is 124 g/mol. The third-order valence-electron chi connectivity index (χ3n) is 2.21. The van der Waals surface area contributed by atoms with Gasteiger partial charge in [-0.3, -0.25) is 4.79 Å². The van der Waals surface area contributed by atoms with E-state index in [1.165, 1.54) is 0 Å². The highest BCUT2D eigenvalue weighted by Gasteiger charge is 2.26. The fourth-order valence-corrected chi connectivity index (χ4v) is 1.38. The molecule has 1 aliphatic rings. The molecule has 1 nitrogen and oxygen atoms in total. The molecule has 0 amide bonds. The average molecular weight is 138 g/mol. The minimum Gasteiger partial charge on any atom is -0.294 e. The maximum absolute atomic E-state index is 11.3. The molecule has 1 unspecified atom stereocenters. The Labute approximate surface area is 62.1 Å². The first kappa shape index (κ1) is 7.52. The normalized spacial score (nSPS) is 25.8. The number of rotatable bonds is 1. The van der Waals surface area contributed by atoms with Crippen LogP contribution in [-0.4, -0.2) is 5.78 Å². The first-order chi connectivity index (χ1) is 4.63. The van der Waals surface area contributed by atoms with Crippen LogP contribution < -0.4 is 0 Å². The van der Waals surface area contributed by atoms with Crippen molar-refractivity contribution in [3.63, 3.8) is 0 Å². The lowest BCUT2D eigenvalue weighted by atomic mass is 9.92. The summed E-state index contributed by atoms with van der Waals surface area (Å²) in [5.74, 6) is 1.14. The average Bonchev–Trinajstić information content (AvgIpc) is 2.14. The maximum Gasteiger partial charge on any atom is 0.161 e. The van der Waals surface area contributed by atoms with Crippen molar-refractivity contribution in [3.05, 3.63) is 11.6 Å². The second-order valence-electron chi connectivity index (χ2n) is 3.34. The monoisotopic (exact) mass is 138 g/mol. The summed E-state index contributed by atoms with van der Waals surface area (Å²) in [7, 11) is 0. The van der Waals surface area contributed by atoms with Crippen LogP contribution in [0.15, 0.2) is 11.6 Å². The van der Waals surface area contributed by atoms with Gasteiger partial charge < -0.3 is 0 Å². The van der Waals surface area contributed by atoms with Gasteiger partial charge in [0.05, 0.1) is 0 Å². The third-order valence-corrected chi connectivity index (χ3v) is 2.21. The Balaban J connectivity index is 2.65. The van der Waals surface area contributed by atoms with Gasteiger partial charge in [0.15, 0.2) is 5.78 Å². The number of carbonyl (C=O) groups excluding carboxylic acids is 1. The number of carbonyl (C=O) groups is 1. The van der Waals surface area contributed by atoms with Crippen molar-refractivity contribution in [3.8, 4) is 0 Å². The number of hydrogen-bond donors (Lipinski definition) is 0. The SMILES string of the molecule is CC1=CCC(C(C)C)C1=O. The van der Waals surface area contributed by atoms with Gasteiger partial charge in [-0.2, -0.15) is 0 Å². The van der Waals surface area contributed by atoms with E-state index in [0.29, 0.717) is 11.7 Å². The van der Waals surface area contributed by atoms with Crippen molar-refractivity contribution < 1.29 is 4.79 Å². The Morgan fingerprint density at radius 3 is 2.40 bits per heavy atom. The predicted molar refractivity (Wildman–Crippen MR) is 41.7 cm³/mol. The van der Waals surface area contributed by atoms with Crippen molar-refractivity contribution in [1.29, 1.82) is 0 Å². The Morgan fingerprint density at radius 2 is 2.20 bits per heavy atom.